The summed E-state index contributed by atoms with van der Waals surface area (Å²) in [7, 11) is 0. The molecule has 106 valence electrons. The number of hydrogen-bond donors (Lipinski definition) is 1. The van der Waals surface area contributed by atoms with Crippen LogP contribution in [0.2, 0.25) is 0 Å². The van der Waals surface area contributed by atoms with E-state index in [-0.39, 0.29) is 5.91 Å². The average molecular weight is 281 g/mol. The molecule has 0 atom stereocenters. The first-order valence-electron chi connectivity index (χ1n) is 6.79. The smallest absolute Gasteiger partial charge is 0.224 e. The molecule has 3 aromatic rings. The van der Waals surface area contributed by atoms with Gasteiger partial charge in [-0.1, -0.05) is 35.9 Å². The number of fused-ring (bicyclic) bond motifs is 1. The van der Waals surface area contributed by atoms with Gasteiger partial charge in [0, 0.05) is 6.42 Å². The topological polar surface area (TPSA) is 68.0 Å². The van der Waals surface area contributed by atoms with Crippen molar-refractivity contribution in [2.24, 2.45) is 0 Å². The Balaban J connectivity index is 1.64. The van der Waals surface area contributed by atoms with Crippen molar-refractivity contribution in [1.29, 1.82) is 0 Å². The van der Waals surface area contributed by atoms with E-state index in [1.54, 1.807) is 12.1 Å². The van der Waals surface area contributed by atoms with Gasteiger partial charge in [-0.05, 0) is 41.4 Å². The van der Waals surface area contributed by atoms with Crippen LogP contribution in [0.1, 0.15) is 17.5 Å². The zero-order chi connectivity index (χ0) is 14.7. The lowest BCUT2D eigenvalue weighted by molar-refractivity contribution is -0.116. The van der Waals surface area contributed by atoms with E-state index in [0.29, 0.717) is 29.6 Å². The molecule has 2 aromatic carbocycles. The van der Waals surface area contributed by atoms with Gasteiger partial charge in [0.1, 0.15) is 5.52 Å². The van der Waals surface area contributed by atoms with Crippen LogP contribution in [0.3, 0.4) is 0 Å². The van der Waals surface area contributed by atoms with Gasteiger partial charge < -0.3 is 5.32 Å². The van der Waals surface area contributed by atoms with Gasteiger partial charge in [0.2, 0.25) is 5.91 Å². The van der Waals surface area contributed by atoms with E-state index in [1.807, 2.05) is 25.1 Å². The SMILES string of the molecule is Cc1ccc(CCC(=O)Nc2cccc3nonc23)cc1. The molecule has 5 heteroatoms. The number of nitrogens with zero attached hydrogens (tertiary/aromatic N) is 2. The second-order valence-corrected chi connectivity index (χ2v) is 4.97. The fraction of sp³-hybridized carbons (Fsp3) is 0.188. The second-order valence-electron chi connectivity index (χ2n) is 4.97. The lowest BCUT2D eigenvalue weighted by atomic mass is 10.1. The summed E-state index contributed by atoms with van der Waals surface area (Å²) in [5, 5.41) is 10.4. The molecule has 1 N–H and O–H groups in total. The summed E-state index contributed by atoms with van der Waals surface area (Å²) in [6, 6.07) is 13.6. The largest absolute Gasteiger partial charge is 0.324 e. The third-order valence-electron chi connectivity index (χ3n) is 3.32. The van der Waals surface area contributed by atoms with Gasteiger partial charge in [0.25, 0.3) is 0 Å². The van der Waals surface area contributed by atoms with Gasteiger partial charge in [0.05, 0.1) is 5.69 Å². The molecular weight excluding hydrogens is 266 g/mol. The first-order chi connectivity index (χ1) is 10.2. The van der Waals surface area contributed by atoms with Crippen LogP contribution in [-0.2, 0) is 11.2 Å². The number of aryl methyl sites for hydroxylation is 2. The third kappa shape index (κ3) is 3.08. The summed E-state index contributed by atoms with van der Waals surface area (Å²) >= 11 is 0. The molecule has 21 heavy (non-hydrogen) atoms. The molecule has 0 spiro atoms. The summed E-state index contributed by atoms with van der Waals surface area (Å²) in [6.07, 6.45) is 1.13. The monoisotopic (exact) mass is 281 g/mol. The maximum atomic E-state index is 12.0. The van der Waals surface area contributed by atoms with Crippen molar-refractivity contribution in [1.82, 2.24) is 10.3 Å². The molecule has 0 aliphatic rings. The highest BCUT2D eigenvalue weighted by Gasteiger charge is 2.09. The maximum absolute atomic E-state index is 12.0. The van der Waals surface area contributed by atoms with Gasteiger partial charge in [-0.2, -0.15) is 0 Å². The zero-order valence-electron chi connectivity index (χ0n) is 11.7. The average Bonchev–Trinajstić information content (AvgIpc) is 2.96. The summed E-state index contributed by atoms with van der Waals surface area (Å²) in [5.41, 5.74) is 4.20. The lowest BCUT2D eigenvalue weighted by Crippen LogP contribution is -2.12. The minimum Gasteiger partial charge on any atom is -0.324 e. The number of amides is 1. The van der Waals surface area contributed by atoms with E-state index in [0.717, 1.165) is 5.56 Å². The minimum atomic E-state index is -0.0499. The molecule has 0 fully saturated rings. The van der Waals surface area contributed by atoms with E-state index >= 15 is 0 Å². The maximum Gasteiger partial charge on any atom is 0.224 e. The van der Waals surface area contributed by atoms with Crippen molar-refractivity contribution in [2.75, 3.05) is 5.32 Å². The van der Waals surface area contributed by atoms with Gasteiger partial charge in [-0.15, -0.1) is 0 Å². The molecule has 1 aromatic heterocycles. The highest BCUT2D eigenvalue weighted by molar-refractivity contribution is 5.98. The molecule has 5 nitrogen and oxygen atoms in total. The van der Waals surface area contributed by atoms with E-state index < -0.39 is 0 Å². The van der Waals surface area contributed by atoms with Crippen LogP contribution >= 0.6 is 0 Å². The van der Waals surface area contributed by atoms with Crippen molar-refractivity contribution in [3.8, 4) is 0 Å². The summed E-state index contributed by atoms with van der Waals surface area (Å²) < 4.78 is 4.68. The number of rotatable bonds is 4. The quantitative estimate of drug-likeness (QED) is 0.798. The molecule has 0 radical (unpaired) electrons. The minimum absolute atomic E-state index is 0.0499. The van der Waals surface area contributed by atoms with Crippen LogP contribution < -0.4 is 5.32 Å². The molecular formula is C16H15N3O2. The Bertz CT molecular complexity index is 763. The summed E-state index contributed by atoms with van der Waals surface area (Å²) in [5.74, 6) is -0.0499. The number of nitrogens with one attached hydrogen (secondary N) is 1. The fourth-order valence-corrected chi connectivity index (χ4v) is 2.13. The number of carbonyl (C=O) groups excluding carboxylic acids is 1. The molecule has 0 aliphatic carbocycles. The zero-order valence-corrected chi connectivity index (χ0v) is 11.7. The molecule has 1 heterocycles. The normalized spacial score (nSPS) is 10.7. The number of aromatic nitrogens is 2. The lowest BCUT2D eigenvalue weighted by Gasteiger charge is -2.05. The van der Waals surface area contributed by atoms with E-state index in [4.69, 9.17) is 0 Å². The van der Waals surface area contributed by atoms with Crippen molar-refractivity contribution < 1.29 is 9.42 Å². The number of hydrogen-bond acceptors (Lipinski definition) is 4. The van der Waals surface area contributed by atoms with Crippen LogP contribution in [0, 0.1) is 6.92 Å². The van der Waals surface area contributed by atoms with Gasteiger partial charge in [0.15, 0.2) is 5.52 Å². The second kappa shape index (κ2) is 5.75. The summed E-state index contributed by atoms with van der Waals surface area (Å²) in [6.45, 7) is 2.04. The third-order valence-corrected chi connectivity index (χ3v) is 3.32. The van der Waals surface area contributed by atoms with Crippen LogP contribution in [0.25, 0.3) is 11.0 Å². The highest BCUT2D eigenvalue weighted by Crippen LogP contribution is 2.19. The van der Waals surface area contributed by atoms with Crippen molar-refractivity contribution in [2.45, 2.75) is 19.8 Å². The number of anilines is 1. The van der Waals surface area contributed by atoms with E-state index in [2.05, 4.69) is 32.4 Å². The van der Waals surface area contributed by atoms with Crippen LogP contribution in [0.5, 0.6) is 0 Å². The Morgan fingerprint density at radius 1 is 1.14 bits per heavy atom. The van der Waals surface area contributed by atoms with Crippen LogP contribution in [-0.4, -0.2) is 16.2 Å². The Kier molecular flexibility index (Phi) is 3.64. The predicted molar refractivity (Wildman–Crippen MR) is 79.9 cm³/mol. The first-order valence-corrected chi connectivity index (χ1v) is 6.79. The summed E-state index contributed by atoms with van der Waals surface area (Å²) in [4.78, 5) is 12.0. The molecule has 0 bridgehead atoms. The van der Waals surface area contributed by atoms with Crippen LogP contribution in [0.4, 0.5) is 5.69 Å². The first kappa shape index (κ1) is 13.3. The van der Waals surface area contributed by atoms with Crippen molar-refractivity contribution >= 4 is 22.6 Å². The van der Waals surface area contributed by atoms with Crippen molar-refractivity contribution in [3.05, 3.63) is 53.6 Å². The highest BCUT2D eigenvalue weighted by atomic mass is 16.6. The standard InChI is InChI=1S/C16H15N3O2/c1-11-5-7-12(8-6-11)9-10-15(20)17-13-3-2-4-14-16(13)19-21-18-14/h2-8H,9-10H2,1H3,(H,17,20). The molecule has 0 aliphatic heterocycles. The van der Waals surface area contributed by atoms with Gasteiger partial charge in [-0.3, -0.25) is 4.79 Å². The van der Waals surface area contributed by atoms with Crippen molar-refractivity contribution in [3.63, 3.8) is 0 Å². The van der Waals surface area contributed by atoms with E-state index in [9.17, 15) is 4.79 Å². The van der Waals surface area contributed by atoms with Gasteiger partial charge >= 0.3 is 0 Å². The Labute approximate surface area is 121 Å². The Morgan fingerprint density at radius 3 is 2.76 bits per heavy atom. The van der Waals surface area contributed by atoms with Crippen LogP contribution in [0.15, 0.2) is 47.1 Å². The fourth-order valence-electron chi connectivity index (χ4n) is 2.13. The molecule has 0 unspecified atom stereocenters. The molecule has 3 rings (SSSR count). The predicted octanol–water partition coefficient (Wildman–Crippen LogP) is 3.10. The number of carbonyl (C=O) groups is 1. The molecule has 0 saturated heterocycles. The Hall–Kier alpha value is -2.69. The number of benzene rings is 2. The molecule has 1 amide bonds. The Morgan fingerprint density at radius 2 is 1.95 bits per heavy atom. The van der Waals surface area contributed by atoms with E-state index in [1.165, 1.54) is 5.56 Å². The van der Waals surface area contributed by atoms with Gasteiger partial charge in [-0.25, -0.2) is 4.63 Å². The molecule has 0 saturated carbocycles.